The van der Waals surface area contributed by atoms with E-state index in [2.05, 4.69) is 10.2 Å². The third-order valence-corrected chi connectivity index (χ3v) is 3.35. The van der Waals surface area contributed by atoms with Gasteiger partial charge in [-0.2, -0.15) is 10.2 Å². The molecule has 0 spiro atoms. The Kier molecular flexibility index (Phi) is 2.84. The Morgan fingerprint density at radius 1 is 1.31 bits per heavy atom. The van der Waals surface area contributed by atoms with Gasteiger partial charge in [-0.15, -0.1) is 0 Å². The van der Waals surface area contributed by atoms with E-state index in [-0.39, 0.29) is 10.8 Å². The minimum Gasteiger partial charge on any atom is -0.225 e. The predicted octanol–water partition coefficient (Wildman–Crippen LogP) is 1.40. The molecule has 1 atom stereocenters. The number of azo groups is 1. The first-order valence-corrected chi connectivity index (χ1v) is 6.28. The van der Waals surface area contributed by atoms with Crippen LogP contribution in [0.15, 0.2) is 51.7 Å². The molecule has 1 aromatic rings. The monoisotopic (exact) mass is 237 g/mol. The van der Waals surface area contributed by atoms with E-state index >= 15 is 0 Å². The molecule has 84 valence electrons. The highest BCUT2D eigenvalue weighted by Crippen LogP contribution is 2.26. The molecular weight excluding hydrogens is 226 g/mol. The number of sulfonamides is 1. The molecule has 0 aromatic heterocycles. The number of nitrogens with two attached hydrogens (primary N) is 1. The van der Waals surface area contributed by atoms with E-state index in [0.717, 1.165) is 0 Å². The first-order valence-electron chi connectivity index (χ1n) is 4.74. The first-order chi connectivity index (χ1) is 7.59. The van der Waals surface area contributed by atoms with Crippen LogP contribution in [0.25, 0.3) is 0 Å². The number of benzene rings is 1. The SMILES string of the molecule is NS(=O)(=O)c1ccccc1C1C=CN=NC1. The van der Waals surface area contributed by atoms with E-state index in [1.54, 1.807) is 24.4 Å². The van der Waals surface area contributed by atoms with Crippen molar-refractivity contribution < 1.29 is 8.42 Å². The van der Waals surface area contributed by atoms with Crippen LogP contribution in [0.2, 0.25) is 0 Å². The molecule has 0 fully saturated rings. The second-order valence-electron chi connectivity index (χ2n) is 3.47. The zero-order valence-electron chi connectivity index (χ0n) is 8.45. The summed E-state index contributed by atoms with van der Waals surface area (Å²) in [7, 11) is -3.69. The average molecular weight is 237 g/mol. The molecule has 1 unspecified atom stereocenters. The highest BCUT2D eigenvalue weighted by molar-refractivity contribution is 7.89. The van der Waals surface area contributed by atoms with Gasteiger partial charge in [0.05, 0.1) is 11.4 Å². The lowest BCUT2D eigenvalue weighted by Crippen LogP contribution is -2.16. The van der Waals surface area contributed by atoms with Crippen molar-refractivity contribution in [1.82, 2.24) is 0 Å². The summed E-state index contributed by atoms with van der Waals surface area (Å²) in [6.45, 7) is 0.447. The summed E-state index contributed by atoms with van der Waals surface area (Å²) in [6.07, 6.45) is 3.38. The second kappa shape index (κ2) is 4.15. The molecular formula is C10H11N3O2S. The molecule has 0 aliphatic carbocycles. The van der Waals surface area contributed by atoms with Crippen molar-refractivity contribution in [3.8, 4) is 0 Å². The molecule has 1 aliphatic rings. The fourth-order valence-corrected chi connectivity index (χ4v) is 2.45. The van der Waals surface area contributed by atoms with Gasteiger partial charge in [0.25, 0.3) is 0 Å². The molecule has 16 heavy (non-hydrogen) atoms. The topological polar surface area (TPSA) is 84.9 Å². The Bertz CT molecular complexity index is 549. The van der Waals surface area contributed by atoms with Crippen LogP contribution in [-0.4, -0.2) is 15.0 Å². The van der Waals surface area contributed by atoms with Gasteiger partial charge in [0, 0.05) is 12.1 Å². The molecule has 1 aliphatic heterocycles. The average Bonchev–Trinajstić information content (AvgIpc) is 2.29. The molecule has 0 radical (unpaired) electrons. The molecule has 0 saturated carbocycles. The van der Waals surface area contributed by atoms with Crippen LogP contribution in [0.4, 0.5) is 0 Å². The van der Waals surface area contributed by atoms with Crippen LogP contribution >= 0.6 is 0 Å². The standard InChI is InChI=1S/C10H11N3O2S/c11-16(14,15)10-4-2-1-3-9(10)8-5-6-12-13-7-8/h1-6,8H,7H2,(H2,11,14,15). The van der Waals surface area contributed by atoms with E-state index < -0.39 is 10.0 Å². The zero-order valence-corrected chi connectivity index (χ0v) is 9.26. The summed E-state index contributed by atoms with van der Waals surface area (Å²) < 4.78 is 22.8. The number of nitrogens with zero attached hydrogens (tertiary/aromatic N) is 2. The van der Waals surface area contributed by atoms with Gasteiger partial charge in [-0.1, -0.05) is 24.3 Å². The van der Waals surface area contributed by atoms with Gasteiger partial charge in [0.1, 0.15) is 0 Å². The van der Waals surface area contributed by atoms with Crippen molar-refractivity contribution in [3.05, 3.63) is 42.1 Å². The summed E-state index contributed by atoms with van der Waals surface area (Å²) in [6, 6.07) is 6.68. The summed E-state index contributed by atoms with van der Waals surface area (Å²) in [5, 5.41) is 12.7. The molecule has 2 rings (SSSR count). The van der Waals surface area contributed by atoms with Crippen LogP contribution in [0, 0.1) is 0 Å². The summed E-state index contributed by atoms with van der Waals surface area (Å²) in [5.74, 6) is -0.0768. The van der Waals surface area contributed by atoms with E-state index in [9.17, 15) is 8.42 Å². The Morgan fingerprint density at radius 2 is 2.06 bits per heavy atom. The van der Waals surface area contributed by atoms with E-state index in [1.807, 2.05) is 6.08 Å². The van der Waals surface area contributed by atoms with E-state index in [0.29, 0.717) is 12.1 Å². The molecule has 0 saturated heterocycles. The Hall–Kier alpha value is -1.53. The summed E-state index contributed by atoms with van der Waals surface area (Å²) in [4.78, 5) is 0.154. The fraction of sp³-hybridized carbons (Fsp3) is 0.200. The number of rotatable bonds is 2. The third-order valence-electron chi connectivity index (χ3n) is 2.37. The Morgan fingerprint density at radius 3 is 2.69 bits per heavy atom. The van der Waals surface area contributed by atoms with E-state index in [4.69, 9.17) is 5.14 Å². The van der Waals surface area contributed by atoms with Gasteiger partial charge >= 0.3 is 0 Å². The van der Waals surface area contributed by atoms with Crippen molar-refractivity contribution in [2.75, 3.05) is 6.54 Å². The maximum absolute atomic E-state index is 11.4. The normalized spacial score (nSPS) is 19.9. The number of primary sulfonamides is 1. The predicted molar refractivity (Wildman–Crippen MR) is 59.4 cm³/mol. The van der Waals surface area contributed by atoms with E-state index in [1.165, 1.54) is 6.07 Å². The lowest BCUT2D eigenvalue weighted by molar-refractivity contribution is 0.595. The highest BCUT2D eigenvalue weighted by Gasteiger charge is 2.19. The quantitative estimate of drug-likeness (QED) is 0.843. The van der Waals surface area contributed by atoms with Crippen LogP contribution in [0.1, 0.15) is 11.5 Å². The lowest BCUT2D eigenvalue weighted by atomic mass is 9.99. The largest absolute Gasteiger partial charge is 0.238 e. The smallest absolute Gasteiger partial charge is 0.225 e. The minimum atomic E-state index is -3.69. The van der Waals surface area contributed by atoms with Gasteiger partial charge in [-0.3, -0.25) is 0 Å². The molecule has 1 heterocycles. The van der Waals surface area contributed by atoms with Gasteiger partial charge in [-0.05, 0) is 11.6 Å². The van der Waals surface area contributed by atoms with Crippen molar-refractivity contribution in [3.63, 3.8) is 0 Å². The molecule has 2 N–H and O–H groups in total. The van der Waals surface area contributed by atoms with Gasteiger partial charge in [0.15, 0.2) is 0 Å². The van der Waals surface area contributed by atoms with Gasteiger partial charge in [-0.25, -0.2) is 13.6 Å². The summed E-state index contributed by atoms with van der Waals surface area (Å²) >= 11 is 0. The Balaban J connectivity index is 2.49. The fourth-order valence-electron chi connectivity index (χ4n) is 1.63. The van der Waals surface area contributed by atoms with Crippen molar-refractivity contribution in [2.45, 2.75) is 10.8 Å². The molecule has 0 bridgehead atoms. The van der Waals surface area contributed by atoms with Gasteiger partial charge < -0.3 is 0 Å². The van der Waals surface area contributed by atoms with Crippen molar-refractivity contribution in [2.24, 2.45) is 15.4 Å². The number of hydrogen-bond donors (Lipinski definition) is 1. The molecule has 1 aromatic carbocycles. The van der Waals surface area contributed by atoms with Crippen LogP contribution in [0.3, 0.4) is 0 Å². The number of hydrogen-bond acceptors (Lipinski definition) is 4. The minimum absolute atomic E-state index is 0.0768. The maximum Gasteiger partial charge on any atom is 0.238 e. The van der Waals surface area contributed by atoms with Crippen LogP contribution in [-0.2, 0) is 10.0 Å². The lowest BCUT2D eigenvalue weighted by Gasteiger charge is -2.15. The summed E-state index contributed by atoms with van der Waals surface area (Å²) in [5.41, 5.74) is 0.667. The third kappa shape index (κ3) is 2.17. The Labute approximate surface area is 93.7 Å². The van der Waals surface area contributed by atoms with Crippen LogP contribution in [0.5, 0.6) is 0 Å². The maximum atomic E-state index is 11.4. The molecule has 0 amide bonds. The van der Waals surface area contributed by atoms with Crippen molar-refractivity contribution in [1.29, 1.82) is 0 Å². The van der Waals surface area contributed by atoms with Crippen LogP contribution < -0.4 is 5.14 Å². The first kappa shape index (κ1) is 11.0. The highest BCUT2D eigenvalue weighted by atomic mass is 32.2. The zero-order chi connectivity index (χ0) is 11.6. The molecule has 5 nitrogen and oxygen atoms in total. The molecule has 6 heteroatoms. The second-order valence-corrected chi connectivity index (χ2v) is 5.00. The van der Waals surface area contributed by atoms with Gasteiger partial charge in [0.2, 0.25) is 10.0 Å². The van der Waals surface area contributed by atoms with Crippen molar-refractivity contribution >= 4 is 10.0 Å².